The van der Waals surface area contributed by atoms with Crippen LogP contribution in [0.1, 0.15) is 12.8 Å². The molecule has 2 aromatic rings. The maximum absolute atomic E-state index is 13.1. The number of likely N-dealkylation sites (tertiary alicyclic amines) is 1. The highest BCUT2D eigenvalue weighted by Gasteiger charge is 2.11. The third-order valence-corrected chi connectivity index (χ3v) is 4.23. The summed E-state index contributed by atoms with van der Waals surface area (Å²) < 4.78 is 14.0. The van der Waals surface area contributed by atoms with Gasteiger partial charge in [-0.25, -0.2) is 9.37 Å². The number of rotatable bonds is 4. The molecule has 0 atom stereocenters. The molecule has 5 heteroatoms. The Morgan fingerprint density at radius 3 is 3.00 bits per heavy atom. The average Bonchev–Trinajstić information content (AvgIpc) is 2.97. The second kappa shape index (κ2) is 5.20. The summed E-state index contributed by atoms with van der Waals surface area (Å²) in [5, 5.41) is 4.21. The minimum Gasteiger partial charge on any atom is -0.360 e. The summed E-state index contributed by atoms with van der Waals surface area (Å²) in [6, 6.07) is 4.72. The summed E-state index contributed by atoms with van der Waals surface area (Å²) in [6.07, 6.45) is 2.64. The molecular formula is C13H16FN3S. The fourth-order valence-corrected chi connectivity index (χ4v) is 3.22. The van der Waals surface area contributed by atoms with Crippen molar-refractivity contribution in [3.8, 4) is 0 Å². The molecule has 1 N–H and O–H groups in total. The molecule has 0 unspecified atom stereocenters. The molecule has 3 nitrogen and oxygen atoms in total. The van der Waals surface area contributed by atoms with Gasteiger partial charge < -0.3 is 10.2 Å². The summed E-state index contributed by atoms with van der Waals surface area (Å²) in [6.45, 7) is 4.39. The van der Waals surface area contributed by atoms with Crippen molar-refractivity contribution in [2.24, 2.45) is 0 Å². The van der Waals surface area contributed by atoms with Crippen molar-refractivity contribution in [1.29, 1.82) is 0 Å². The zero-order chi connectivity index (χ0) is 12.4. The van der Waals surface area contributed by atoms with Gasteiger partial charge in [-0.05, 0) is 44.1 Å². The van der Waals surface area contributed by atoms with E-state index in [1.165, 1.54) is 43.3 Å². The molecule has 2 heterocycles. The molecule has 1 fully saturated rings. The fourth-order valence-electron chi connectivity index (χ4n) is 2.30. The van der Waals surface area contributed by atoms with Gasteiger partial charge in [-0.3, -0.25) is 0 Å². The van der Waals surface area contributed by atoms with Gasteiger partial charge in [0, 0.05) is 13.1 Å². The molecule has 1 aromatic carbocycles. The molecular weight excluding hydrogens is 249 g/mol. The summed E-state index contributed by atoms with van der Waals surface area (Å²) in [4.78, 5) is 6.90. The zero-order valence-corrected chi connectivity index (χ0v) is 11.0. The zero-order valence-electron chi connectivity index (χ0n) is 10.2. The molecule has 1 aromatic heterocycles. The first-order chi connectivity index (χ1) is 8.81. The molecule has 0 spiro atoms. The number of hydrogen-bond acceptors (Lipinski definition) is 4. The monoisotopic (exact) mass is 265 g/mol. The van der Waals surface area contributed by atoms with E-state index in [0.29, 0.717) is 0 Å². The lowest BCUT2D eigenvalue weighted by Gasteiger charge is -2.13. The van der Waals surface area contributed by atoms with Crippen LogP contribution >= 0.6 is 11.3 Å². The van der Waals surface area contributed by atoms with Crippen LogP contribution in [0.5, 0.6) is 0 Å². The molecule has 1 aliphatic rings. The minimum absolute atomic E-state index is 0.199. The highest BCUT2D eigenvalue weighted by Crippen LogP contribution is 2.26. The Morgan fingerprint density at radius 1 is 1.33 bits per heavy atom. The van der Waals surface area contributed by atoms with E-state index in [0.717, 1.165) is 28.4 Å². The SMILES string of the molecule is Fc1ccc2nc(NCCN3CCCC3)sc2c1. The molecule has 1 saturated heterocycles. The number of nitrogens with zero attached hydrogens (tertiary/aromatic N) is 2. The van der Waals surface area contributed by atoms with Crippen LogP contribution < -0.4 is 5.32 Å². The Morgan fingerprint density at radius 2 is 2.17 bits per heavy atom. The van der Waals surface area contributed by atoms with Gasteiger partial charge in [-0.1, -0.05) is 11.3 Å². The third kappa shape index (κ3) is 2.62. The second-order valence-electron chi connectivity index (χ2n) is 4.61. The number of hydrogen-bond donors (Lipinski definition) is 1. The van der Waals surface area contributed by atoms with Crippen LogP contribution in [0.3, 0.4) is 0 Å². The Balaban J connectivity index is 1.60. The van der Waals surface area contributed by atoms with Crippen molar-refractivity contribution in [3.05, 3.63) is 24.0 Å². The first-order valence-electron chi connectivity index (χ1n) is 6.33. The van der Waals surface area contributed by atoms with Crippen molar-refractivity contribution in [2.45, 2.75) is 12.8 Å². The Hall–Kier alpha value is -1.20. The second-order valence-corrected chi connectivity index (χ2v) is 5.64. The van der Waals surface area contributed by atoms with Crippen LogP contribution in [0.25, 0.3) is 10.2 Å². The van der Waals surface area contributed by atoms with Crippen molar-refractivity contribution < 1.29 is 4.39 Å². The van der Waals surface area contributed by atoms with Gasteiger partial charge in [0.1, 0.15) is 5.82 Å². The van der Waals surface area contributed by atoms with Gasteiger partial charge in [0.15, 0.2) is 5.13 Å². The van der Waals surface area contributed by atoms with Gasteiger partial charge in [-0.15, -0.1) is 0 Å². The van der Waals surface area contributed by atoms with Crippen LogP contribution in [0.4, 0.5) is 9.52 Å². The summed E-state index contributed by atoms with van der Waals surface area (Å²) in [5.74, 6) is -0.199. The van der Waals surface area contributed by atoms with E-state index < -0.39 is 0 Å². The number of halogens is 1. The van der Waals surface area contributed by atoms with Crippen molar-refractivity contribution in [2.75, 3.05) is 31.5 Å². The largest absolute Gasteiger partial charge is 0.360 e. The van der Waals surface area contributed by atoms with Gasteiger partial charge >= 0.3 is 0 Å². The molecule has 1 aliphatic heterocycles. The number of aromatic nitrogens is 1. The average molecular weight is 265 g/mol. The summed E-state index contributed by atoms with van der Waals surface area (Å²) >= 11 is 1.51. The van der Waals surface area contributed by atoms with Crippen LogP contribution in [0, 0.1) is 5.82 Å². The van der Waals surface area contributed by atoms with E-state index in [-0.39, 0.29) is 5.82 Å². The topological polar surface area (TPSA) is 28.2 Å². The minimum atomic E-state index is -0.199. The van der Waals surface area contributed by atoms with Crippen LogP contribution in [0.2, 0.25) is 0 Å². The Labute approximate surface area is 110 Å². The predicted octanol–water partition coefficient (Wildman–Crippen LogP) is 2.94. The van der Waals surface area contributed by atoms with Crippen molar-refractivity contribution in [1.82, 2.24) is 9.88 Å². The summed E-state index contributed by atoms with van der Waals surface area (Å²) in [7, 11) is 0. The Bertz CT molecular complexity index is 534. The van der Waals surface area contributed by atoms with Crippen molar-refractivity contribution >= 4 is 26.7 Å². The maximum atomic E-state index is 13.1. The number of benzene rings is 1. The highest BCUT2D eigenvalue weighted by atomic mass is 32.1. The fraction of sp³-hybridized carbons (Fsp3) is 0.462. The number of anilines is 1. The summed E-state index contributed by atoms with van der Waals surface area (Å²) in [5.41, 5.74) is 0.866. The van der Waals surface area contributed by atoms with Crippen LogP contribution in [-0.4, -0.2) is 36.1 Å². The Kier molecular flexibility index (Phi) is 3.43. The van der Waals surface area contributed by atoms with E-state index in [1.54, 1.807) is 12.1 Å². The molecule has 3 rings (SSSR count). The van der Waals surface area contributed by atoms with E-state index >= 15 is 0 Å². The van der Waals surface area contributed by atoms with Gasteiger partial charge in [0.05, 0.1) is 10.2 Å². The lowest BCUT2D eigenvalue weighted by atomic mass is 10.3. The molecule has 0 radical (unpaired) electrons. The number of fused-ring (bicyclic) bond motifs is 1. The molecule has 0 saturated carbocycles. The first kappa shape index (κ1) is 11.9. The van der Waals surface area contributed by atoms with Gasteiger partial charge in [0.2, 0.25) is 0 Å². The van der Waals surface area contributed by atoms with E-state index in [4.69, 9.17) is 0 Å². The lowest BCUT2D eigenvalue weighted by molar-refractivity contribution is 0.352. The van der Waals surface area contributed by atoms with Crippen LogP contribution in [-0.2, 0) is 0 Å². The number of thiazole rings is 1. The third-order valence-electron chi connectivity index (χ3n) is 3.25. The first-order valence-corrected chi connectivity index (χ1v) is 7.15. The number of nitrogens with one attached hydrogen (secondary N) is 1. The van der Waals surface area contributed by atoms with Gasteiger partial charge in [0.25, 0.3) is 0 Å². The van der Waals surface area contributed by atoms with Gasteiger partial charge in [-0.2, -0.15) is 0 Å². The molecule has 96 valence electrons. The van der Waals surface area contributed by atoms with E-state index in [9.17, 15) is 4.39 Å². The van der Waals surface area contributed by atoms with E-state index in [1.807, 2.05) is 0 Å². The quantitative estimate of drug-likeness (QED) is 0.921. The van der Waals surface area contributed by atoms with E-state index in [2.05, 4.69) is 15.2 Å². The smallest absolute Gasteiger partial charge is 0.183 e. The van der Waals surface area contributed by atoms with Crippen LogP contribution in [0.15, 0.2) is 18.2 Å². The molecule has 0 aliphatic carbocycles. The van der Waals surface area contributed by atoms with Crippen molar-refractivity contribution in [3.63, 3.8) is 0 Å². The maximum Gasteiger partial charge on any atom is 0.183 e. The standard InChI is InChI=1S/C13H16FN3S/c14-10-3-4-11-12(9-10)18-13(16-11)15-5-8-17-6-1-2-7-17/h3-4,9H,1-2,5-8H2,(H,15,16). The predicted molar refractivity (Wildman–Crippen MR) is 73.7 cm³/mol. The normalized spacial score (nSPS) is 16.5. The molecule has 0 bridgehead atoms. The highest BCUT2D eigenvalue weighted by molar-refractivity contribution is 7.22. The molecule has 0 amide bonds. The lowest BCUT2D eigenvalue weighted by Crippen LogP contribution is -2.25. The molecule has 18 heavy (non-hydrogen) atoms.